The molecule has 1 aromatic carbocycles. The number of hydrogen-bond donors (Lipinski definition) is 1. The molecule has 112 valence electrons. The van der Waals surface area contributed by atoms with Crippen molar-refractivity contribution in [1.82, 2.24) is 0 Å². The Kier molecular flexibility index (Phi) is 5.56. The van der Waals surface area contributed by atoms with Gasteiger partial charge in [-0.1, -0.05) is 13.8 Å². The van der Waals surface area contributed by atoms with Gasteiger partial charge in [0.2, 0.25) is 15.9 Å². The summed E-state index contributed by atoms with van der Waals surface area (Å²) in [5.41, 5.74) is 1.24. The van der Waals surface area contributed by atoms with Crippen LogP contribution < -0.4 is 9.62 Å². The Hall–Kier alpha value is -1.56. The molecule has 0 spiro atoms. The van der Waals surface area contributed by atoms with Crippen molar-refractivity contribution in [3.63, 3.8) is 0 Å². The van der Waals surface area contributed by atoms with Crippen LogP contribution in [0.25, 0.3) is 0 Å². The van der Waals surface area contributed by atoms with Crippen molar-refractivity contribution in [2.75, 3.05) is 22.9 Å². The van der Waals surface area contributed by atoms with E-state index in [0.717, 1.165) is 24.8 Å². The topological polar surface area (TPSA) is 66.5 Å². The minimum atomic E-state index is -3.28. The molecule has 0 heterocycles. The maximum absolute atomic E-state index is 12.2. The highest BCUT2D eigenvalue weighted by atomic mass is 32.2. The van der Waals surface area contributed by atoms with E-state index in [1.165, 1.54) is 0 Å². The molecule has 20 heavy (non-hydrogen) atoms. The number of hydrogen-bond acceptors (Lipinski definition) is 3. The summed E-state index contributed by atoms with van der Waals surface area (Å²) >= 11 is 0. The van der Waals surface area contributed by atoms with E-state index in [9.17, 15) is 13.2 Å². The first-order valence-electron chi connectivity index (χ1n) is 6.64. The molecule has 0 atom stereocenters. The van der Waals surface area contributed by atoms with E-state index in [-0.39, 0.29) is 11.8 Å². The summed E-state index contributed by atoms with van der Waals surface area (Å²) in [4.78, 5) is 13.8. The van der Waals surface area contributed by atoms with E-state index in [0.29, 0.717) is 5.69 Å². The molecule has 1 aromatic rings. The molecule has 0 aliphatic heterocycles. The summed E-state index contributed by atoms with van der Waals surface area (Å²) in [6.45, 7) is 4.00. The van der Waals surface area contributed by atoms with Crippen LogP contribution in [0, 0.1) is 5.92 Å². The third kappa shape index (κ3) is 4.52. The van der Waals surface area contributed by atoms with Crippen LogP contribution in [-0.2, 0) is 14.8 Å². The van der Waals surface area contributed by atoms with E-state index in [1.807, 2.05) is 13.8 Å². The van der Waals surface area contributed by atoms with Crippen LogP contribution >= 0.6 is 0 Å². The predicted octanol–water partition coefficient (Wildman–Crippen LogP) is 2.46. The number of anilines is 2. The van der Waals surface area contributed by atoms with Crippen LogP contribution in [0.4, 0.5) is 11.4 Å². The van der Waals surface area contributed by atoms with Gasteiger partial charge in [0.25, 0.3) is 0 Å². The molecular formula is C14H22N2O3S. The Morgan fingerprint density at radius 1 is 1.20 bits per heavy atom. The summed E-state index contributed by atoms with van der Waals surface area (Å²) in [7, 11) is -1.54. The average molecular weight is 298 g/mol. The highest BCUT2D eigenvalue weighted by molar-refractivity contribution is 7.92. The molecule has 0 fully saturated rings. The second kappa shape index (κ2) is 6.74. The quantitative estimate of drug-likeness (QED) is 0.877. The molecule has 0 radical (unpaired) electrons. The zero-order valence-electron chi connectivity index (χ0n) is 12.4. The van der Waals surface area contributed by atoms with Gasteiger partial charge in [0.15, 0.2) is 0 Å². The molecule has 0 saturated heterocycles. The molecule has 0 aliphatic rings. The summed E-state index contributed by atoms with van der Waals surface area (Å²) in [5.74, 6) is 0.104. The van der Waals surface area contributed by atoms with Crippen LogP contribution in [0.15, 0.2) is 24.3 Å². The van der Waals surface area contributed by atoms with Gasteiger partial charge in [-0.15, -0.1) is 0 Å². The maximum Gasteiger partial charge on any atom is 0.229 e. The fourth-order valence-corrected chi connectivity index (χ4v) is 2.57. The normalized spacial score (nSPS) is 11.4. The number of amides is 1. The predicted molar refractivity (Wildman–Crippen MR) is 82.4 cm³/mol. The molecule has 1 amide bonds. The molecule has 5 nitrogen and oxygen atoms in total. The summed E-state index contributed by atoms with van der Waals surface area (Å²) in [5, 5.41) is 0. The van der Waals surface area contributed by atoms with Crippen LogP contribution in [0.1, 0.15) is 26.7 Å². The third-order valence-electron chi connectivity index (χ3n) is 3.22. The Balaban J connectivity index is 2.85. The first kappa shape index (κ1) is 16.5. The van der Waals surface area contributed by atoms with E-state index in [2.05, 4.69) is 4.72 Å². The Bertz CT molecular complexity index is 548. The first-order chi connectivity index (χ1) is 9.28. The number of nitrogens with zero attached hydrogens (tertiary/aromatic N) is 1. The molecule has 0 unspecified atom stereocenters. The molecular weight excluding hydrogens is 276 g/mol. The second-order valence-corrected chi connectivity index (χ2v) is 6.58. The zero-order chi connectivity index (χ0) is 15.3. The lowest BCUT2D eigenvalue weighted by molar-refractivity contribution is -0.122. The highest BCUT2D eigenvalue weighted by Crippen LogP contribution is 2.21. The van der Waals surface area contributed by atoms with Crippen molar-refractivity contribution in [1.29, 1.82) is 0 Å². The van der Waals surface area contributed by atoms with Gasteiger partial charge >= 0.3 is 0 Å². The van der Waals surface area contributed by atoms with E-state index in [4.69, 9.17) is 0 Å². The number of nitrogens with one attached hydrogen (secondary N) is 1. The molecule has 0 aliphatic carbocycles. The smallest absolute Gasteiger partial charge is 0.229 e. The fraction of sp³-hybridized carbons (Fsp3) is 0.500. The number of sulfonamides is 1. The van der Waals surface area contributed by atoms with Crippen LogP contribution in [0.3, 0.4) is 0 Å². The zero-order valence-corrected chi connectivity index (χ0v) is 13.2. The number of carbonyl (C=O) groups is 1. The van der Waals surface area contributed by atoms with Gasteiger partial charge < -0.3 is 4.90 Å². The van der Waals surface area contributed by atoms with Crippen molar-refractivity contribution in [2.45, 2.75) is 26.7 Å². The number of carbonyl (C=O) groups excluding carboxylic acids is 1. The monoisotopic (exact) mass is 298 g/mol. The van der Waals surface area contributed by atoms with E-state index >= 15 is 0 Å². The Labute approximate surface area is 121 Å². The fourth-order valence-electron chi connectivity index (χ4n) is 2.01. The summed E-state index contributed by atoms with van der Waals surface area (Å²) < 4.78 is 24.6. The van der Waals surface area contributed by atoms with Crippen LogP contribution in [0.5, 0.6) is 0 Å². The van der Waals surface area contributed by atoms with Gasteiger partial charge in [0, 0.05) is 24.3 Å². The lowest BCUT2D eigenvalue weighted by Crippen LogP contribution is -2.32. The van der Waals surface area contributed by atoms with Crippen LogP contribution in [-0.4, -0.2) is 27.6 Å². The lowest BCUT2D eigenvalue weighted by atomic mass is 10.0. The molecule has 0 aromatic heterocycles. The second-order valence-electron chi connectivity index (χ2n) is 4.83. The molecule has 1 N–H and O–H groups in total. The van der Waals surface area contributed by atoms with Gasteiger partial charge in [0.1, 0.15) is 0 Å². The van der Waals surface area contributed by atoms with Gasteiger partial charge in [-0.05, 0) is 37.1 Å². The largest absolute Gasteiger partial charge is 0.315 e. The lowest BCUT2D eigenvalue weighted by Gasteiger charge is -2.22. The van der Waals surface area contributed by atoms with Crippen LogP contribution in [0.2, 0.25) is 0 Å². The SMILES string of the molecule is CCC(CC)C(=O)N(C)c1ccc(NS(C)(=O)=O)cc1. The number of benzene rings is 1. The highest BCUT2D eigenvalue weighted by Gasteiger charge is 2.19. The minimum absolute atomic E-state index is 0.0221. The van der Waals surface area contributed by atoms with Gasteiger partial charge in [-0.3, -0.25) is 9.52 Å². The first-order valence-corrected chi connectivity index (χ1v) is 8.53. The van der Waals surface area contributed by atoms with Gasteiger partial charge in [0.05, 0.1) is 6.26 Å². The third-order valence-corrected chi connectivity index (χ3v) is 3.83. The standard InChI is InChI=1S/C14H22N2O3S/c1-5-11(6-2)14(17)16(3)13-9-7-12(8-10-13)15-20(4,18)19/h7-11,15H,5-6H2,1-4H3. The van der Waals surface area contributed by atoms with Crippen molar-refractivity contribution < 1.29 is 13.2 Å². The Morgan fingerprint density at radius 3 is 2.10 bits per heavy atom. The maximum atomic E-state index is 12.2. The van der Waals surface area contributed by atoms with E-state index in [1.54, 1.807) is 36.2 Å². The van der Waals surface area contributed by atoms with Gasteiger partial charge in [-0.25, -0.2) is 8.42 Å². The van der Waals surface area contributed by atoms with Crippen molar-refractivity contribution in [3.8, 4) is 0 Å². The summed E-state index contributed by atoms with van der Waals surface area (Å²) in [6, 6.07) is 6.75. The van der Waals surface area contributed by atoms with Crippen molar-refractivity contribution >= 4 is 27.3 Å². The summed E-state index contributed by atoms with van der Waals surface area (Å²) in [6.07, 6.45) is 2.73. The minimum Gasteiger partial charge on any atom is -0.315 e. The molecule has 1 rings (SSSR count). The molecule has 0 bridgehead atoms. The average Bonchev–Trinajstić information content (AvgIpc) is 2.38. The number of rotatable bonds is 6. The van der Waals surface area contributed by atoms with Gasteiger partial charge in [-0.2, -0.15) is 0 Å². The van der Waals surface area contributed by atoms with Crippen molar-refractivity contribution in [2.24, 2.45) is 5.92 Å². The Morgan fingerprint density at radius 2 is 1.70 bits per heavy atom. The van der Waals surface area contributed by atoms with E-state index < -0.39 is 10.0 Å². The van der Waals surface area contributed by atoms with Crippen molar-refractivity contribution in [3.05, 3.63) is 24.3 Å². The molecule has 0 saturated carbocycles. The molecule has 6 heteroatoms.